The van der Waals surface area contributed by atoms with Crippen LogP contribution in [0.2, 0.25) is 0 Å². The lowest BCUT2D eigenvalue weighted by molar-refractivity contribution is 0.0526. The minimum absolute atomic E-state index is 0.195. The molecule has 0 bridgehead atoms. The predicted octanol–water partition coefficient (Wildman–Crippen LogP) is 4.78. The minimum Gasteiger partial charge on any atom is -0.494 e. The zero-order valence-corrected chi connectivity index (χ0v) is 21.3. The second kappa shape index (κ2) is 13.2. The molecule has 188 valence electrons. The van der Waals surface area contributed by atoms with Crippen LogP contribution in [-0.4, -0.2) is 41.8 Å². The van der Waals surface area contributed by atoms with Crippen LogP contribution >= 0.6 is 12.2 Å². The van der Waals surface area contributed by atoms with Gasteiger partial charge in [0.1, 0.15) is 11.5 Å². The fourth-order valence-electron chi connectivity index (χ4n) is 3.38. The van der Waals surface area contributed by atoms with Gasteiger partial charge >= 0.3 is 5.97 Å². The first kappa shape index (κ1) is 26.6. The molecule has 0 aliphatic rings. The topological polar surface area (TPSA) is 90.0 Å². The van der Waals surface area contributed by atoms with Crippen LogP contribution < -0.4 is 19.7 Å². The van der Waals surface area contributed by atoms with E-state index in [9.17, 15) is 9.59 Å². The van der Waals surface area contributed by atoms with Crippen molar-refractivity contribution >= 4 is 34.9 Å². The average Bonchev–Trinajstić information content (AvgIpc) is 2.88. The van der Waals surface area contributed by atoms with Gasteiger partial charge in [-0.15, -0.1) is 0 Å². The Bertz CT molecular complexity index is 1160. The lowest BCUT2D eigenvalue weighted by atomic mass is 10.1. The summed E-state index contributed by atoms with van der Waals surface area (Å²) in [6.45, 7) is 7.07. The molecule has 3 aromatic rings. The molecule has 9 heteroatoms. The summed E-state index contributed by atoms with van der Waals surface area (Å²) in [4.78, 5) is 31.0. The second-order valence-electron chi connectivity index (χ2n) is 7.53. The molecule has 8 nitrogen and oxygen atoms in total. The summed E-state index contributed by atoms with van der Waals surface area (Å²) in [7, 11) is 0. The first-order chi connectivity index (χ1) is 17.4. The predicted molar refractivity (Wildman–Crippen MR) is 142 cm³/mol. The van der Waals surface area contributed by atoms with E-state index in [-0.39, 0.29) is 5.11 Å². The molecule has 1 N–H and O–H groups in total. The molecule has 2 aromatic carbocycles. The maximum Gasteiger partial charge on any atom is 0.338 e. The van der Waals surface area contributed by atoms with Gasteiger partial charge in [0.05, 0.1) is 31.9 Å². The highest BCUT2D eigenvalue weighted by Crippen LogP contribution is 2.24. The van der Waals surface area contributed by atoms with E-state index in [0.29, 0.717) is 54.7 Å². The summed E-state index contributed by atoms with van der Waals surface area (Å²) in [5, 5.41) is 3.01. The molecule has 3 rings (SSSR count). The Hall–Kier alpha value is -3.98. The van der Waals surface area contributed by atoms with E-state index in [1.54, 1.807) is 66.7 Å². The lowest BCUT2D eigenvalue weighted by Crippen LogP contribution is -2.42. The van der Waals surface area contributed by atoms with Gasteiger partial charge in [0.15, 0.2) is 5.11 Å². The summed E-state index contributed by atoms with van der Waals surface area (Å²) >= 11 is 5.65. The SMILES string of the molecule is CCOC(=O)c1ccc(N(Cc2ccncc2)C(=S)NC(=O)c2cc(OCC)cc(OCC)c2)cc1. The van der Waals surface area contributed by atoms with E-state index in [0.717, 1.165) is 5.56 Å². The van der Waals surface area contributed by atoms with E-state index >= 15 is 0 Å². The molecule has 0 saturated carbocycles. The number of carbonyl (C=O) groups is 2. The molecule has 0 radical (unpaired) electrons. The Kier molecular flexibility index (Phi) is 9.76. The number of hydrogen-bond donors (Lipinski definition) is 1. The largest absolute Gasteiger partial charge is 0.494 e. The summed E-state index contributed by atoms with van der Waals surface area (Å²) < 4.78 is 16.2. The fourth-order valence-corrected chi connectivity index (χ4v) is 3.65. The van der Waals surface area contributed by atoms with E-state index in [1.807, 2.05) is 26.0 Å². The van der Waals surface area contributed by atoms with E-state index < -0.39 is 11.9 Å². The Morgan fingerprint density at radius 1 is 0.861 bits per heavy atom. The highest BCUT2D eigenvalue weighted by molar-refractivity contribution is 7.80. The van der Waals surface area contributed by atoms with Gasteiger partial charge in [-0.1, -0.05) is 0 Å². The van der Waals surface area contributed by atoms with Crippen LogP contribution in [0, 0.1) is 0 Å². The number of carbonyl (C=O) groups excluding carboxylic acids is 2. The van der Waals surface area contributed by atoms with E-state index in [4.69, 9.17) is 26.4 Å². The molecule has 0 unspecified atom stereocenters. The highest BCUT2D eigenvalue weighted by atomic mass is 32.1. The van der Waals surface area contributed by atoms with Crippen LogP contribution in [-0.2, 0) is 11.3 Å². The molecule has 0 saturated heterocycles. The number of aromatic nitrogens is 1. The molecule has 0 aliphatic heterocycles. The summed E-state index contributed by atoms with van der Waals surface area (Å²) in [5.74, 6) is 0.260. The number of ether oxygens (including phenoxy) is 3. The summed E-state index contributed by atoms with van der Waals surface area (Å²) in [6, 6.07) is 15.6. The number of amides is 1. The fraction of sp³-hybridized carbons (Fsp3) is 0.259. The number of nitrogens with one attached hydrogen (secondary N) is 1. The van der Waals surface area contributed by atoms with Crippen molar-refractivity contribution in [2.45, 2.75) is 27.3 Å². The number of esters is 1. The zero-order valence-electron chi connectivity index (χ0n) is 20.5. The van der Waals surface area contributed by atoms with E-state index in [2.05, 4.69) is 10.3 Å². The quantitative estimate of drug-likeness (QED) is 0.310. The Labute approximate surface area is 216 Å². The molecule has 0 atom stereocenters. The third kappa shape index (κ3) is 7.26. The average molecular weight is 508 g/mol. The van der Waals surface area contributed by atoms with Crippen LogP contribution in [0.1, 0.15) is 47.1 Å². The van der Waals surface area contributed by atoms with Crippen molar-refractivity contribution in [3.8, 4) is 11.5 Å². The van der Waals surface area contributed by atoms with Gasteiger partial charge in [0.25, 0.3) is 5.91 Å². The van der Waals surface area contributed by atoms with Crippen molar-refractivity contribution < 1.29 is 23.8 Å². The van der Waals surface area contributed by atoms with Gasteiger partial charge < -0.3 is 19.1 Å². The molecular formula is C27H29N3O5S. The van der Waals surface area contributed by atoms with Crippen LogP contribution in [0.25, 0.3) is 0 Å². The zero-order chi connectivity index (χ0) is 25.9. The number of hydrogen-bond acceptors (Lipinski definition) is 7. The smallest absolute Gasteiger partial charge is 0.338 e. The van der Waals surface area contributed by atoms with Crippen LogP contribution in [0.15, 0.2) is 67.0 Å². The van der Waals surface area contributed by atoms with Crippen molar-refractivity contribution in [3.63, 3.8) is 0 Å². The van der Waals surface area contributed by atoms with Crippen LogP contribution in [0.4, 0.5) is 5.69 Å². The monoisotopic (exact) mass is 507 g/mol. The van der Waals surface area contributed by atoms with Crippen molar-refractivity contribution in [1.82, 2.24) is 10.3 Å². The summed E-state index contributed by atoms with van der Waals surface area (Å²) in [5.41, 5.74) is 2.42. The van der Waals surface area contributed by atoms with Gasteiger partial charge in [0.2, 0.25) is 0 Å². The van der Waals surface area contributed by atoms with Crippen LogP contribution in [0.5, 0.6) is 11.5 Å². The van der Waals surface area contributed by atoms with Gasteiger partial charge in [-0.2, -0.15) is 0 Å². The maximum absolute atomic E-state index is 13.2. The van der Waals surface area contributed by atoms with Gasteiger partial charge in [-0.3, -0.25) is 15.1 Å². The first-order valence-electron chi connectivity index (χ1n) is 11.6. The van der Waals surface area contributed by atoms with Gasteiger partial charge in [0, 0.05) is 29.7 Å². The Morgan fingerprint density at radius 2 is 1.47 bits per heavy atom. The third-order valence-electron chi connectivity index (χ3n) is 5.01. The first-order valence-corrected chi connectivity index (χ1v) is 12.1. The molecule has 1 aromatic heterocycles. The second-order valence-corrected chi connectivity index (χ2v) is 7.91. The number of rotatable bonds is 10. The van der Waals surface area contributed by atoms with Crippen molar-refractivity contribution in [1.29, 1.82) is 0 Å². The van der Waals surface area contributed by atoms with Crippen molar-refractivity contribution in [2.75, 3.05) is 24.7 Å². The Balaban J connectivity index is 1.86. The van der Waals surface area contributed by atoms with Crippen molar-refractivity contribution in [2.24, 2.45) is 0 Å². The molecule has 0 spiro atoms. The maximum atomic E-state index is 13.2. The van der Waals surface area contributed by atoms with Gasteiger partial charge in [-0.25, -0.2) is 4.79 Å². The third-order valence-corrected chi connectivity index (χ3v) is 5.33. The normalized spacial score (nSPS) is 10.3. The summed E-state index contributed by atoms with van der Waals surface area (Å²) in [6.07, 6.45) is 3.38. The lowest BCUT2D eigenvalue weighted by Gasteiger charge is -2.26. The number of benzene rings is 2. The minimum atomic E-state index is -0.403. The molecule has 1 heterocycles. The molecule has 0 aliphatic carbocycles. The van der Waals surface area contributed by atoms with E-state index in [1.165, 1.54) is 0 Å². The molecule has 1 amide bonds. The molecular weight excluding hydrogens is 478 g/mol. The standard InChI is InChI=1S/C27H29N3O5S/c1-4-33-23-15-21(16-24(17-23)34-5-2)25(31)29-27(36)30(18-19-11-13-28-14-12-19)22-9-7-20(8-10-22)26(32)35-6-3/h7-17H,4-6,18H2,1-3H3,(H,29,31,36). The van der Waals surface area contributed by atoms with Gasteiger partial charge in [-0.05, 0) is 87.1 Å². The Morgan fingerprint density at radius 3 is 2.03 bits per heavy atom. The number of nitrogens with zero attached hydrogens (tertiary/aromatic N) is 2. The number of thiocarbonyl (C=S) groups is 1. The molecule has 0 fully saturated rings. The van der Waals surface area contributed by atoms with Crippen molar-refractivity contribution in [3.05, 3.63) is 83.7 Å². The number of anilines is 1. The molecule has 36 heavy (non-hydrogen) atoms. The highest BCUT2D eigenvalue weighted by Gasteiger charge is 2.19. The number of pyridine rings is 1. The van der Waals surface area contributed by atoms with Crippen LogP contribution in [0.3, 0.4) is 0 Å².